The molecule has 121 valence electrons. The Hall–Kier alpha value is -1.32. The Morgan fingerprint density at radius 1 is 0.650 bits per heavy atom. The van der Waals surface area contributed by atoms with Crippen LogP contribution >= 0.6 is 10.1 Å². The summed E-state index contributed by atoms with van der Waals surface area (Å²) in [4.78, 5) is 0. The molecule has 0 aromatic heterocycles. The molecule has 0 heterocycles. The Balaban J connectivity index is -0.000000102. The Bertz CT molecular complexity index is 269. The fourth-order valence-electron chi connectivity index (χ4n) is 0.264. The average Bonchev–Trinajstić information content (AvgIpc) is 2.55. The van der Waals surface area contributed by atoms with Gasteiger partial charge in [-0.3, -0.25) is 0 Å². The maximum absolute atomic E-state index is 9.60. The number of hydrogen-bond donors (Lipinski definition) is 0. The standard InChI is InChI=1S/2C4H8N2O2.C2H5.ClH.Co/c2*1-3(5-7)4(2)6-8;1-2;;/h2*7-8H,1-2H3;1H2,2H3;1H;/q;;-1;;+2/p-5. The quantitative estimate of drug-likeness (QED) is 0.427. The first-order chi connectivity index (χ1) is 9.44. The van der Waals surface area contributed by atoms with Crippen molar-refractivity contribution in [2.24, 2.45) is 20.6 Å². The molecule has 8 nitrogen and oxygen atoms in total. The topological polar surface area (TPSA) is 142 Å². The van der Waals surface area contributed by atoms with Gasteiger partial charge in [0, 0.05) is 22.8 Å². The van der Waals surface area contributed by atoms with E-state index in [-0.39, 0.29) is 22.8 Å². The molecule has 0 fully saturated rings. The third-order valence-electron chi connectivity index (χ3n) is 1.59. The molecule has 0 radical (unpaired) electrons. The molecule has 0 aromatic carbocycles. The van der Waals surface area contributed by atoms with E-state index in [1.54, 1.807) is 6.92 Å². The van der Waals surface area contributed by atoms with Gasteiger partial charge >= 0.3 is 25.0 Å². The van der Waals surface area contributed by atoms with Gasteiger partial charge in [-0.05, 0) is 27.7 Å². The zero-order valence-electron chi connectivity index (χ0n) is 11.8. The van der Waals surface area contributed by atoms with Crippen LogP contribution in [0.1, 0.15) is 34.6 Å². The molecule has 0 amide bonds. The number of nitrogens with zero attached hydrogens (tertiary/aromatic N) is 4. The summed E-state index contributed by atoms with van der Waals surface area (Å²) in [6.07, 6.45) is 0. The van der Waals surface area contributed by atoms with Crippen molar-refractivity contribution in [2.45, 2.75) is 34.6 Å². The summed E-state index contributed by atoms with van der Waals surface area (Å²) in [5.41, 5.74) is 0.556. The van der Waals surface area contributed by atoms with E-state index in [9.17, 15) is 20.8 Å². The average molecular weight is 352 g/mol. The molecule has 0 atom stereocenters. The Morgan fingerprint density at radius 3 is 0.800 bits per heavy atom. The van der Waals surface area contributed by atoms with Crippen LogP contribution in [0.4, 0.5) is 0 Å². The van der Waals surface area contributed by atoms with E-state index in [0.29, 0.717) is 0 Å². The predicted octanol–water partition coefficient (Wildman–Crippen LogP) is 3.33. The molecular weight excluding hydrogens is 335 g/mol. The van der Waals surface area contributed by atoms with Crippen LogP contribution in [0.3, 0.4) is 0 Å². The molecule has 0 saturated carbocycles. The van der Waals surface area contributed by atoms with Gasteiger partial charge in [-0.1, -0.05) is 0 Å². The molecule has 10 heteroatoms. The van der Waals surface area contributed by atoms with Gasteiger partial charge in [0.1, 0.15) is 0 Å². The second-order valence-electron chi connectivity index (χ2n) is 2.71. The minimum absolute atomic E-state index is 0.139. The molecule has 0 spiro atoms. The van der Waals surface area contributed by atoms with Crippen LogP contribution in [0.25, 0.3) is 0 Å². The van der Waals surface area contributed by atoms with Crippen molar-refractivity contribution in [2.75, 3.05) is 0 Å². The fraction of sp³-hybridized carbons (Fsp3) is 0.500. The molecule has 0 bridgehead atoms. The van der Waals surface area contributed by atoms with E-state index in [1.165, 1.54) is 27.7 Å². The zero-order valence-corrected chi connectivity index (χ0v) is 13.6. The second kappa shape index (κ2) is 22.8. The van der Waals surface area contributed by atoms with Crippen molar-refractivity contribution in [1.82, 2.24) is 0 Å². The summed E-state index contributed by atoms with van der Waals surface area (Å²) in [5, 5.41) is 48.4. The summed E-state index contributed by atoms with van der Waals surface area (Å²) in [5.74, 6) is 0. The van der Waals surface area contributed by atoms with Gasteiger partial charge in [-0.15, -0.1) is 0 Å². The first-order valence-corrected chi connectivity index (χ1v) is 6.39. The Morgan fingerprint density at radius 2 is 0.750 bits per heavy atom. The number of halogens is 1. The van der Waals surface area contributed by atoms with Crippen molar-refractivity contribution in [3.63, 3.8) is 0 Å². The molecule has 0 unspecified atom stereocenters. The van der Waals surface area contributed by atoms with Crippen LogP contribution < -0.4 is 0 Å². The van der Waals surface area contributed by atoms with E-state index >= 15 is 0 Å². The Kier molecular flexibility index (Phi) is 30.9. The van der Waals surface area contributed by atoms with Crippen molar-refractivity contribution in [1.29, 1.82) is 0 Å². The predicted molar refractivity (Wildman–Crippen MR) is 82.8 cm³/mol. The summed E-state index contributed by atoms with van der Waals surface area (Å²) in [6.45, 7) is 10.7. The van der Waals surface area contributed by atoms with E-state index in [2.05, 4.69) is 52.5 Å². The Labute approximate surface area is 131 Å². The molecule has 0 aliphatic rings. The summed E-state index contributed by atoms with van der Waals surface area (Å²) in [6, 6.07) is 0. The van der Waals surface area contributed by atoms with Gasteiger partial charge in [0.15, 0.2) is 0 Å². The van der Waals surface area contributed by atoms with Gasteiger partial charge in [0.05, 0.1) is 0 Å². The van der Waals surface area contributed by atoms with E-state index in [0.717, 1.165) is 0 Å². The van der Waals surface area contributed by atoms with Crippen LogP contribution in [0, 0.1) is 27.8 Å². The van der Waals surface area contributed by atoms with Gasteiger partial charge in [0.2, 0.25) is 0 Å². The van der Waals surface area contributed by atoms with Crippen LogP contribution in [0.5, 0.6) is 0 Å². The van der Waals surface area contributed by atoms with Crippen molar-refractivity contribution >= 4 is 33.0 Å². The van der Waals surface area contributed by atoms with E-state index < -0.39 is 0 Å². The first kappa shape index (κ1) is 27.1. The fourth-order valence-corrected chi connectivity index (χ4v) is 0.264. The maximum atomic E-state index is 9.60. The van der Waals surface area contributed by atoms with Gasteiger partial charge < -0.3 is 48.4 Å². The normalized spacial score (nSPS) is 12.0. The zero-order chi connectivity index (χ0) is 17.1. The third kappa shape index (κ3) is 19.0. The van der Waals surface area contributed by atoms with E-state index in [4.69, 9.17) is 0 Å². The van der Waals surface area contributed by atoms with Crippen molar-refractivity contribution in [3.05, 3.63) is 27.8 Å². The van der Waals surface area contributed by atoms with Crippen LogP contribution in [0.2, 0.25) is 0 Å². The molecule has 0 aliphatic carbocycles. The first-order valence-electron chi connectivity index (χ1n) is 4.96. The SMILES string of the molecule is CC(=N[O-])C(C)=N[O-].CC(=N[O-])C(C)=N[O-].[CH2-]C.[Cl][Co+]. The molecule has 0 rings (SSSR count). The molecular formula is C10H17ClCoN4O4-4. The van der Waals surface area contributed by atoms with Crippen LogP contribution in [0.15, 0.2) is 20.6 Å². The molecule has 0 N–H and O–H groups in total. The van der Waals surface area contributed by atoms with Gasteiger partial charge in [-0.2, -0.15) is 6.92 Å². The number of rotatable bonds is 2. The monoisotopic (exact) mass is 351 g/mol. The summed E-state index contributed by atoms with van der Waals surface area (Å²) >= 11 is 3.03. The van der Waals surface area contributed by atoms with Crippen LogP contribution in [-0.4, -0.2) is 22.8 Å². The van der Waals surface area contributed by atoms with Crippen LogP contribution in [-0.2, 0) is 14.8 Å². The van der Waals surface area contributed by atoms with Crippen molar-refractivity contribution in [3.8, 4) is 0 Å². The molecule has 0 saturated heterocycles. The van der Waals surface area contributed by atoms with Gasteiger partial charge in [-0.25, -0.2) is 0 Å². The van der Waals surface area contributed by atoms with Crippen molar-refractivity contribution < 1.29 is 14.8 Å². The summed E-state index contributed by atoms with van der Waals surface area (Å²) in [7, 11) is 4.33. The number of hydrogen-bond acceptors (Lipinski definition) is 8. The molecule has 0 aliphatic heterocycles. The third-order valence-corrected chi connectivity index (χ3v) is 1.59. The summed E-state index contributed by atoms with van der Waals surface area (Å²) < 4.78 is 0. The molecule has 20 heavy (non-hydrogen) atoms. The van der Waals surface area contributed by atoms with Gasteiger partial charge in [0.25, 0.3) is 0 Å². The minimum atomic E-state index is 0.139. The molecule has 0 aromatic rings. The second-order valence-corrected chi connectivity index (χ2v) is 2.71. The van der Waals surface area contributed by atoms with E-state index in [1.807, 2.05) is 0 Å².